The first-order valence-electron chi connectivity index (χ1n) is 9.01. The Morgan fingerprint density at radius 2 is 2.17 bits per heavy atom. The van der Waals surface area contributed by atoms with Crippen molar-refractivity contribution in [2.75, 3.05) is 6.54 Å². The molecule has 1 amide bonds. The van der Waals surface area contributed by atoms with Crippen LogP contribution in [0.15, 0.2) is 24.3 Å². The predicted octanol–water partition coefficient (Wildman–Crippen LogP) is 3.16. The van der Waals surface area contributed by atoms with Crippen LogP contribution in [-0.4, -0.2) is 18.0 Å². The fourth-order valence-electron chi connectivity index (χ4n) is 4.65. The first-order valence-corrected chi connectivity index (χ1v) is 9.01. The lowest BCUT2D eigenvalue weighted by Crippen LogP contribution is -2.53. The second-order valence-electron chi connectivity index (χ2n) is 8.28. The van der Waals surface area contributed by atoms with Gasteiger partial charge in [-0.15, -0.1) is 0 Å². The number of amides is 1. The molecular weight excluding hydrogens is 284 g/mol. The lowest BCUT2D eigenvalue weighted by atomic mass is 9.78. The maximum atomic E-state index is 12.9. The Morgan fingerprint density at radius 3 is 2.87 bits per heavy atom. The highest BCUT2D eigenvalue weighted by atomic mass is 16.2. The summed E-state index contributed by atoms with van der Waals surface area (Å²) >= 11 is 0. The van der Waals surface area contributed by atoms with Gasteiger partial charge in [0, 0.05) is 23.4 Å². The molecule has 1 fully saturated rings. The van der Waals surface area contributed by atoms with Crippen LogP contribution in [0, 0.1) is 11.8 Å². The summed E-state index contributed by atoms with van der Waals surface area (Å²) in [5.74, 6) is 0.852. The third-order valence-corrected chi connectivity index (χ3v) is 5.75. The lowest BCUT2D eigenvalue weighted by Gasteiger charge is -2.32. The summed E-state index contributed by atoms with van der Waals surface area (Å²) in [7, 11) is 0. The van der Waals surface area contributed by atoms with Crippen molar-refractivity contribution >= 4 is 5.91 Å². The number of nitrogens with one attached hydrogen (secondary N) is 1. The van der Waals surface area contributed by atoms with Gasteiger partial charge in [0.2, 0.25) is 5.91 Å². The summed E-state index contributed by atoms with van der Waals surface area (Å²) in [6.07, 6.45) is 5.41. The number of benzene rings is 1. The lowest BCUT2D eigenvalue weighted by molar-refractivity contribution is -0.124. The number of carbonyl (C=O) groups is 1. The van der Waals surface area contributed by atoms with E-state index >= 15 is 0 Å². The number of rotatable bonds is 5. The molecule has 1 aromatic rings. The molecule has 23 heavy (non-hydrogen) atoms. The second kappa shape index (κ2) is 5.94. The minimum Gasteiger partial charge on any atom is -0.349 e. The Bertz CT molecular complexity index is 597. The highest BCUT2D eigenvalue weighted by molar-refractivity contribution is 5.85. The molecule has 2 aliphatic rings. The Morgan fingerprint density at radius 1 is 1.43 bits per heavy atom. The van der Waals surface area contributed by atoms with Crippen molar-refractivity contribution in [1.29, 1.82) is 0 Å². The number of hydrogen-bond acceptors (Lipinski definition) is 2. The maximum absolute atomic E-state index is 12.9. The molecule has 3 N–H and O–H groups in total. The summed E-state index contributed by atoms with van der Waals surface area (Å²) in [5, 5.41) is 3.27. The van der Waals surface area contributed by atoms with Crippen molar-refractivity contribution < 1.29 is 4.79 Å². The molecule has 1 saturated carbocycles. The zero-order valence-corrected chi connectivity index (χ0v) is 14.7. The predicted molar refractivity (Wildman–Crippen MR) is 94.2 cm³/mol. The van der Waals surface area contributed by atoms with Crippen LogP contribution in [0.3, 0.4) is 0 Å². The molecule has 3 rings (SSSR count). The topological polar surface area (TPSA) is 55.1 Å². The smallest absolute Gasteiger partial charge is 0.224 e. The van der Waals surface area contributed by atoms with Gasteiger partial charge in [0.05, 0.1) is 0 Å². The Hall–Kier alpha value is -1.35. The minimum atomic E-state index is -0.288. The zero-order chi connectivity index (χ0) is 16.7. The normalized spacial score (nSPS) is 28.3. The van der Waals surface area contributed by atoms with Crippen LogP contribution in [0.5, 0.6) is 0 Å². The quantitative estimate of drug-likeness (QED) is 0.877. The molecule has 0 heterocycles. The van der Waals surface area contributed by atoms with Gasteiger partial charge in [0.25, 0.3) is 0 Å². The summed E-state index contributed by atoms with van der Waals surface area (Å²) in [5.41, 5.74) is 8.63. The highest BCUT2D eigenvalue weighted by Crippen LogP contribution is 2.60. The fourth-order valence-corrected chi connectivity index (χ4v) is 4.65. The fraction of sp³-hybridized carbons (Fsp3) is 0.650. The van der Waals surface area contributed by atoms with Crippen LogP contribution in [0.4, 0.5) is 0 Å². The maximum Gasteiger partial charge on any atom is 0.224 e. The molecule has 0 bridgehead atoms. The van der Waals surface area contributed by atoms with Crippen molar-refractivity contribution in [2.24, 2.45) is 17.6 Å². The van der Waals surface area contributed by atoms with Crippen LogP contribution >= 0.6 is 0 Å². The van der Waals surface area contributed by atoms with Crippen LogP contribution in [0.1, 0.15) is 57.6 Å². The van der Waals surface area contributed by atoms with Gasteiger partial charge in [-0.2, -0.15) is 0 Å². The molecule has 1 spiro atoms. The number of carbonyl (C=O) groups excluding carboxylic acids is 1. The monoisotopic (exact) mass is 314 g/mol. The molecule has 1 aromatic carbocycles. The zero-order valence-electron chi connectivity index (χ0n) is 14.7. The average Bonchev–Trinajstić information content (AvgIpc) is 3.22. The molecule has 0 aliphatic heterocycles. The van der Waals surface area contributed by atoms with Crippen molar-refractivity contribution in [3.8, 4) is 0 Å². The molecule has 0 aromatic heterocycles. The van der Waals surface area contributed by atoms with E-state index in [-0.39, 0.29) is 22.8 Å². The van der Waals surface area contributed by atoms with Crippen molar-refractivity contribution in [3.05, 3.63) is 35.4 Å². The van der Waals surface area contributed by atoms with E-state index in [0.29, 0.717) is 12.5 Å². The molecular formula is C20H30N2O. The van der Waals surface area contributed by atoms with Crippen LogP contribution in [-0.2, 0) is 16.6 Å². The van der Waals surface area contributed by atoms with Gasteiger partial charge in [0.15, 0.2) is 0 Å². The van der Waals surface area contributed by atoms with Crippen molar-refractivity contribution in [3.63, 3.8) is 0 Å². The molecule has 126 valence electrons. The first kappa shape index (κ1) is 16.5. The number of fused-ring (bicyclic) bond motifs is 2. The molecule has 3 nitrogen and oxygen atoms in total. The van der Waals surface area contributed by atoms with E-state index in [1.807, 2.05) is 0 Å². The summed E-state index contributed by atoms with van der Waals surface area (Å²) in [4.78, 5) is 12.9. The highest BCUT2D eigenvalue weighted by Gasteiger charge is 2.60. The average molecular weight is 314 g/mol. The Labute approximate surface area is 140 Å². The van der Waals surface area contributed by atoms with Gasteiger partial charge < -0.3 is 11.1 Å². The van der Waals surface area contributed by atoms with Crippen LogP contribution in [0.25, 0.3) is 0 Å². The minimum absolute atomic E-state index is 0.103. The standard InChI is InChI=1S/C20H30N2O/c1-14(2)11-19(3,13-21)22-18(23)17-12-20(17)10-6-8-15-7-4-5-9-16(15)20/h4-5,7,9,14,17H,6,8,10-13,21H2,1-3H3,(H,22,23). The molecule has 0 radical (unpaired) electrons. The van der Waals surface area contributed by atoms with Gasteiger partial charge in [-0.25, -0.2) is 0 Å². The van der Waals surface area contributed by atoms with Gasteiger partial charge in [-0.1, -0.05) is 38.1 Å². The summed E-state index contributed by atoms with van der Waals surface area (Å²) in [6.45, 7) is 6.92. The Kier molecular flexibility index (Phi) is 4.26. The summed E-state index contributed by atoms with van der Waals surface area (Å²) in [6, 6.07) is 8.69. The summed E-state index contributed by atoms with van der Waals surface area (Å²) < 4.78 is 0. The van der Waals surface area contributed by atoms with E-state index < -0.39 is 0 Å². The van der Waals surface area contributed by atoms with Crippen LogP contribution in [0.2, 0.25) is 0 Å². The van der Waals surface area contributed by atoms with E-state index in [4.69, 9.17) is 5.73 Å². The van der Waals surface area contributed by atoms with E-state index in [1.165, 1.54) is 17.5 Å². The van der Waals surface area contributed by atoms with Gasteiger partial charge >= 0.3 is 0 Å². The SMILES string of the molecule is CC(C)CC(C)(CN)NC(=O)C1CC12CCCc1ccccc12. The van der Waals surface area contributed by atoms with Crippen molar-refractivity contribution in [2.45, 2.75) is 63.8 Å². The number of nitrogens with two attached hydrogens (primary N) is 1. The van der Waals surface area contributed by atoms with Crippen molar-refractivity contribution in [1.82, 2.24) is 5.32 Å². The molecule has 3 heteroatoms. The third kappa shape index (κ3) is 3.03. The Balaban J connectivity index is 1.75. The van der Waals surface area contributed by atoms with E-state index in [2.05, 4.69) is 50.4 Å². The molecule has 3 unspecified atom stereocenters. The van der Waals surface area contributed by atoms with Gasteiger partial charge in [0.1, 0.15) is 0 Å². The molecule has 3 atom stereocenters. The number of hydrogen-bond donors (Lipinski definition) is 2. The van der Waals surface area contributed by atoms with Crippen LogP contribution < -0.4 is 11.1 Å². The van der Waals surface area contributed by atoms with E-state index in [0.717, 1.165) is 25.7 Å². The van der Waals surface area contributed by atoms with E-state index in [9.17, 15) is 4.79 Å². The first-order chi connectivity index (χ1) is 10.9. The second-order valence-corrected chi connectivity index (χ2v) is 8.28. The largest absolute Gasteiger partial charge is 0.349 e. The van der Waals surface area contributed by atoms with Gasteiger partial charge in [-0.05, 0) is 56.1 Å². The number of aryl methyl sites for hydroxylation is 1. The third-order valence-electron chi connectivity index (χ3n) is 5.75. The molecule has 0 saturated heterocycles. The van der Waals surface area contributed by atoms with E-state index in [1.54, 1.807) is 0 Å². The van der Waals surface area contributed by atoms with Gasteiger partial charge in [-0.3, -0.25) is 4.79 Å². The molecule has 2 aliphatic carbocycles.